The van der Waals surface area contributed by atoms with E-state index in [1.165, 1.54) is 0 Å². The molecule has 0 unspecified atom stereocenters. The largest absolute Gasteiger partial charge is 0.355 e. The second-order valence-corrected chi connectivity index (χ2v) is 4.16. The number of hydrogen-bond donors (Lipinski definition) is 3. The Kier molecular flexibility index (Phi) is 4.52. The lowest BCUT2D eigenvalue weighted by atomic mass is 10.2. The van der Waals surface area contributed by atoms with Crippen LogP contribution in [0.3, 0.4) is 0 Å². The molecular formula is C11H19N5O. The molecule has 1 saturated heterocycles. The Balaban J connectivity index is 1.59. The van der Waals surface area contributed by atoms with Gasteiger partial charge in [0.25, 0.3) is 0 Å². The number of carbonyl (C=O) groups is 1. The van der Waals surface area contributed by atoms with Crippen molar-refractivity contribution in [2.24, 2.45) is 0 Å². The Morgan fingerprint density at radius 2 is 2.47 bits per heavy atom. The van der Waals surface area contributed by atoms with Crippen LogP contribution in [0, 0.1) is 0 Å². The van der Waals surface area contributed by atoms with Crippen molar-refractivity contribution in [3.8, 4) is 0 Å². The molecule has 1 aliphatic rings. The van der Waals surface area contributed by atoms with Gasteiger partial charge in [-0.15, -0.1) is 0 Å². The fraction of sp³-hybridized carbons (Fsp3) is 0.636. The third kappa shape index (κ3) is 3.83. The smallest absolute Gasteiger partial charge is 0.238 e. The summed E-state index contributed by atoms with van der Waals surface area (Å²) in [7, 11) is 0. The van der Waals surface area contributed by atoms with Gasteiger partial charge < -0.3 is 20.5 Å². The van der Waals surface area contributed by atoms with Gasteiger partial charge in [-0.05, 0) is 6.42 Å². The minimum Gasteiger partial charge on any atom is -0.355 e. The summed E-state index contributed by atoms with van der Waals surface area (Å²) in [5.41, 5.74) is 0. The number of amides is 1. The van der Waals surface area contributed by atoms with Crippen LogP contribution in [0.2, 0.25) is 0 Å². The molecule has 6 heteroatoms. The fourth-order valence-electron chi connectivity index (χ4n) is 1.85. The molecule has 1 amide bonds. The van der Waals surface area contributed by atoms with Crippen molar-refractivity contribution in [2.45, 2.75) is 19.0 Å². The first-order valence-electron chi connectivity index (χ1n) is 6.04. The number of aromatic nitrogens is 2. The molecule has 0 aromatic carbocycles. The predicted molar refractivity (Wildman–Crippen MR) is 64.5 cm³/mol. The van der Waals surface area contributed by atoms with Crippen LogP contribution in [-0.4, -0.2) is 47.7 Å². The molecule has 2 rings (SSSR count). The van der Waals surface area contributed by atoms with E-state index in [9.17, 15) is 4.79 Å². The van der Waals surface area contributed by atoms with Crippen molar-refractivity contribution in [1.29, 1.82) is 0 Å². The van der Waals surface area contributed by atoms with Crippen molar-refractivity contribution in [2.75, 3.05) is 26.2 Å². The molecule has 0 radical (unpaired) electrons. The second kappa shape index (κ2) is 6.36. The van der Waals surface area contributed by atoms with Crippen LogP contribution in [0.25, 0.3) is 0 Å². The maximum absolute atomic E-state index is 11.7. The van der Waals surface area contributed by atoms with Crippen molar-refractivity contribution in [3.63, 3.8) is 0 Å². The zero-order chi connectivity index (χ0) is 11.9. The van der Waals surface area contributed by atoms with E-state index in [4.69, 9.17) is 0 Å². The molecule has 6 nitrogen and oxygen atoms in total. The Morgan fingerprint density at radius 3 is 3.18 bits per heavy atom. The van der Waals surface area contributed by atoms with Gasteiger partial charge in [-0.25, -0.2) is 4.98 Å². The number of nitrogens with one attached hydrogen (secondary N) is 3. The monoisotopic (exact) mass is 237 g/mol. The lowest BCUT2D eigenvalue weighted by Gasteiger charge is -2.23. The van der Waals surface area contributed by atoms with E-state index in [2.05, 4.69) is 20.9 Å². The summed E-state index contributed by atoms with van der Waals surface area (Å²) >= 11 is 0. The highest BCUT2D eigenvalue weighted by molar-refractivity contribution is 5.82. The molecular weight excluding hydrogens is 218 g/mol. The predicted octanol–water partition coefficient (Wildman–Crippen LogP) is -1.05. The molecule has 1 aromatic rings. The van der Waals surface area contributed by atoms with Crippen LogP contribution in [0.4, 0.5) is 0 Å². The summed E-state index contributed by atoms with van der Waals surface area (Å²) < 4.78 is 2.01. The van der Waals surface area contributed by atoms with E-state index >= 15 is 0 Å². The SMILES string of the molecule is O=C(NCCCn1ccnc1)[C@H]1CNCCN1. The van der Waals surface area contributed by atoms with Gasteiger partial charge in [-0.3, -0.25) is 4.79 Å². The number of rotatable bonds is 5. The zero-order valence-corrected chi connectivity index (χ0v) is 9.85. The minimum absolute atomic E-state index is 0.0860. The Labute approximate surface area is 101 Å². The summed E-state index contributed by atoms with van der Waals surface area (Å²) in [6.45, 7) is 4.09. The summed E-state index contributed by atoms with van der Waals surface area (Å²) in [6, 6.07) is -0.0861. The van der Waals surface area contributed by atoms with Gasteiger partial charge in [0.1, 0.15) is 0 Å². The molecule has 1 aliphatic heterocycles. The van der Waals surface area contributed by atoms with Crippen molar-refractivity contribution in [3.05, 3.63) is 18.7 Å². The van der Waals surface area contributed by atoms with E-state index in [1.807, 2.05) is 10.8 Å². The van der Waals surface area contributed by atoms with Crippen LogP contribution < -0.4 is 16.0 Å². The summed E-state index contributed by atoms with van der Waals surface area (Å²) in [6.07, 6.45) is 6.39. The molecule has 1 aromatic heterocycles. The molecule has 2 heterocycles. The average Bonchev–Trinajstić information content (AvgIpc) is 2.88. The summed E-state index contributed by atoms with van der Waals surface area (Å²) in [4.78, 5) is 15.7. The van der Waals surface area contributed by atoms with Crippen LogP contribution in [0.1, 0.15) is 6.42 Å². The minimum atomic E-state index is -0.0861. The van der Waals surface area contributed by atoms with Crippen LogP contribution in [0.15, 0.2) is 18.7 Å². The van der Waals surface area contributed by atoms with E-state index in [0.717, 1.165) is 26.1 Å². The standard InChI is InChI=1S/C11H19N5O/c17-11(10-8-12-3-4-14-10)15-2-1-6-16-7-5-13-9-16/h5,7,9-10,12,14H,1-4,6,8H2,(H,15,17)/t10-/m1/s1. The van der Waals surface area contributed by atoms with Crippen LogP contribution in [-0.2, 0) is 11.3 Å². The first kappa shape index (κ1) is 12.1. The Morgan fingerprint density at radius 1 is 1.53 bits per heavy atom. The molecule has 1 fully saturated rings. The average molecular weight is 237 g/mol. The molecule has 0 aliphatic carbocycles. The molecule has 0 bridgehead atoms. The van der Waals surface area contributed by atoms with Gasteiger partial charge in [0.2, 0.25) is 5.91 Å². The lowest BCUT2D eigenvalue weighted by Crippen LogP contribution is -2.55. The molecule has 17 heavy (non-hydrogen) atoms. The second-order valence-electron chi connectivity index (χ2n) is 4.16. The Bertz CT molecular complexity index is 332. The van der Waals surface area contributed by atoms with E-state index in [0.29, 0.717) is 13.1 Å². The summed E-state index contributed by atoms with van der Waals surface area (Å²) in [5.74, 6) is 0.0860. The zero-order valence-electron chi connectivity index (χ0n) is 9.85. The first-order chi connectivity index (χ1) is 8.36. The van der Waals surface area contributed by atoms with Gasteiger partial charge in [0, 0.05) is 45.1 Å². The number of carbonyl (C=O) groups excluding carboxylic acids is 1. The molecule has 0 saturated carbocycles. The number of hydrogen-bond acceptors (Lipinski definition) is 4. The van der Waals surface area contributed by atoms with Gasteiger partial charge >= 0.3 is 0 Å². The van der Waals surface area contributed by atoms with Crippen LogP contribution in [0.5, 0.6) is 0 Å². The van der Waals surface area contributed by atoms with Crippen molar-refractivity contribution < 1.29 is 4.79 Å². The molecule has 1 atom stereocenters. The third-order valence-corrected chi connectivity index (χ3v) is 2.81. The van der Waals surface area contributed by atoms with Crippen molar-refractivity contribution >= 4 is 5.91 Å². The highest BCUT2D eigenvalue weighted by Crippen LogP contribution is 1.91. The lowest BCUT2D eigenvalue weighted by molar-refractivity contribution is -0.123. The maximum atomic E-state index is 11.7. The van der Waals surface area contributed by atoms with E-state index < -0.39 is 0 Å². The molecule has 94 valence electrons. The topological polar surface area (TPSA) is 71.0 Å². The Hall–Kier alpha value is -1.40. The highest BCUT2D eigenvalue weighted by atomic mass is 16.2. The summed E-state index contributed by atoms with van der Waals surface area (Å²) in [5, 5.41) is 9.32. The van der Waals surface area contributed by atoms with Gasteiger partial charge in [0.15, 0.2) is 0 Å². The first-order valence-corrected chi connectivity index (χ1v) is 6.04. The fourth-order valence-corrected chi connectivity index (χ4v) is 1.85. The van der Waals surface area contributed by atoms with Crippen LogP contribution >= 0.6 is 0 Å². The number of nitrogens with zero attached hydrogens (tertiary/aromatic N) is 2. The van der Waals surface area contributed by atoms with E-state index in [-0.39, 0.29) is 11.9 Å². The third-order valence-electron chi connectivity index (χ3n) is 2.81. The number of aryl methyl sites for hydroxylation is 1. The highest BCUT2D eigenvalue weighted by Gasteiger charge is 2.19. The number of imidazole rings is 1. The molecule has 0 spiro atoms. The molecule has 3 N–H and O–H groups in total. The van der Waals surface area contributed by atoms with E-state index in [1.54, 1.807) is 12.5 Å². The number of piperazine rings is 1. The maximum Gasteiger partial charge on any atom is 0.238 e. The van der Waals surface area contributed by atoms with Gasteiger partial charge in [0.05, 0.1) is 12.4 Å². The normalized spacial score (nSPS) is 20.1. The quantitative estimate of drug-likeness (QED) is 0.572. The van der Waals surface area contributed by atoms with Crippen molar-refractivity contribution in [1.82, 2.24) is 25.5 Å². The van der Waals surface area contributed by atoms with Gasteiger partial charge in [-0.2, -0.15) is 0 Å². The van der Waals surface area contributed by atoms with Gasteiger partial charge in [-0.1, -0.05) is 0 Å².